The third-order valence-electron chi connectivity index (χ3n) is 6.48. The van der Waals surface area contributed by atoms with Crippen molar-refractivity contribution in [1.29, 1.82) is 0 Å². The van der Waals surface area contributed by atoms with Crippen LogP contribution >= 0.6 is 22.9 Å². The van der Waals surface area contributed by atoms with Crippen LogP contribution in [0.25, 0.3) is 0 Å². The summed E-state index contributed by atoms with van der Waals surface area (Å²) in [5, 5.41) is 5.27. The second-order valence-corrected chi connectivity index (χ2v) is 12.0. The van der Waals surface area contributed by atoms with Crippen molar-refractivity contribution >= 4 is 43.8 Å². The highest BCUT2D eigenvalue weighted by Crippen LogP contribution is 2.49. The first-order chi connectivity index (χ1) is 18.3. The first-order valence-electron chi connectivity index (χ1n) is 11.7. The fourth-order valence-corrected chi connectivity index (χ4v) is 6.92. The van der Waals surface area contributed by atoms with Crippen LogP contribution in [0.5, 0.6) is 11.5 Å². The molecular formula is C27H25ClFN3O4S2. The maximum absolute atomic E-state index is 15.5. The number of rotatable bonds is 10. The van der Waals surface area contributed by atoms with Gasteiger partial charge in [-0.25, -0.2) is 22.1 Å². The topological polar surface area (TPSA) is 80.8 Å². The molecule has 0 spiro atoms. The van der Waals surface area contributed by atoms with E-state index in [0.29, 0.717) is 22.7 Å². The van der Waals surface area contributed by atoms with Crippen LogP contribution in [-0.2, 0) is 22.1 Å². The summed E-state index contributed by atoms with van der Waals surface area (Å²) in [6, 6.07) is 17.2. The lowest BCUT2D eigenvalue weighted by Crippen LogP contribution is -2.31. The fourth-order valence-electron chi connectivity index (χ4n) is 4.30. The van der Waals surface area contributed by atoms with Crippen LogP contribution in [0, 0.1) is 5.82 Å². The van der Waals surface area contributed by atoms with Crippen molar-refractivity contribution in [1.82, 2.24) is 4.98 Å². The average molecular weight is 574 g/mol. The summed E-state index contributed by atoms with van der Waals surface area (Å²) in [7, 11) is -1.40. The molecule has 198 valence electrons. The van der Waals surface area contributed by atoms with Gasteiger partial charge in [0.1, 0.15) is 22.2 Å². The molecule has 0 atom stereocenters. The Labute approximate surface area is 229 Å². The van der Waals surface area contributed by atoms with Crippen molar-refractivity contribution in [2.24, 2.45) is 0 Å². The summed E-state index contributed by atoms with van der Waals surface area (Å²) in [5.74, 6) is 0.0675. The van der Waals surface area contributed by atoms with Crippen molar-refractivity contribution in [3.8, 4) is 11.5 Å². The Bertz CT molecular complexity index is 1550. The van der Waals surface area contributed by atoms with Gasteiger partial charge in [-0.1, -0.05) is 41.9 Å². The van der Waals surface area contributed by atoms with Gasteiger partial charge in [0.25, 0.3) is 10.0 Å². The Balaban J connectivity index is 1.50. The van der Waals surface area contributed by atoms with E-state index in [1.807, 2.05) is 30.3 Å². The molecule has 1 aliphatic carbocycles. The quantitative estimate of drug-likeness (QED) is 0.235. The zero-order chi connectivity index (χ0) is 26.9. The number of methoxy groups -OCH3 is 2. The molecule has 4 aromatic rings. The van der Waals surface area contributed by atoms with E-state index in [2.05, 4.69) is 10.3 Å². The standard InChI is InChI=1S/C27H25ClFN3O4S2/c1-35-20-9-8-18(24(14-20)36-2)17-32(26-30-12-13-37-26)38(33,34)25-15-21(28)23(16-22(25)29)31-27(10-11-27)19-6-4-3-5-7-19/h3-9,12-16,31H,10-11,17H2,1-2H3. The lowest BCUT2D eigenvalue weighted by molar-refractivity contribution is 0.391. The monoisotopic (exact) mass is 573 g/mol. The molecule has 1 aromatic heterocycles. The maximum Gasteiger partial charge on any atom is 0.269 e. The number of sulfonamides is 1. The molecule has 1 N–H and O–H groups in total. The SMILES string of the molecule is COc1ccc(CN(c2nccs2)S(=O)(=O)c2cc(Cl)c(NC3(c4ccccc4)CC3)cc2F)c(OC)c1. The molecule has 7 nitrogen and oxygen atoms in total. The van der Waals surface area contributed by atoms with Crippen molar-refractivity contribution in [3.05, 3.63) is 94.2 Å². The predicted octanol–water partition coefficient (Wildman–Crippen LogP) is 6.45. The van der Waals surface area contributed by atoms with Crippen molar-refractivity contribution < 1.29 is 22.3 Å². The van der Waals surface area contributed by atoms with E-state index < -0.39 is 20.7 Å². The molecule has 0 bridgehead atoms. The number of aromatic nitrogens is 1. The predicted molar refractivity (Wildman–Crippen MR) is 147 cm³/mol. The lowest BCUT2D eigenvalue weighted by atomic mass is 10.0. The van der Waals surface area contributed by atoms with Crippen LogP contribution in [0.2, 0.25) is 5.02 Å². The smallest absolute Gasteiger partial charge is 0.269 e. The third-order valence-corrected chi connectivity index (χ3v) is 9.45. The summed E-state index contributed by atoms with van der Waals surface area (Å²) in [6.07, 6.45) is 3.20. The molecule has 1 aliphatic rings. The number of ether oxygens (including phenoxy) is 2. The average Bonchev–Trinajstić information content (AvgIpc) is 3.51. The number of nitrogens with zero attached hydrogens (tertiary/aromatic N) is 2. The number of anilines is 2. The summed E-state index contributed by atoms with van der Waals surface area (Å²) in [4.78, 5) is 3.64. The molecule has 1 heterocycles. The summed E-state index contributed by atoms with van der Waals surface area (Å²) >= 11 is 7.66. The number of nitrogens with one attached hydrogen (secondary N) is 1. The highest BCUT2D eigenvalue weighted by atomic mass is 35.5. The van der Waals surface area contributed by atoms with E-state index in [1.165, 1.54) is 20.4 Å². The molecule has 38 heavy (non-hydrogen) atoms. The van der Waals surface area contributed by atoms with Gasteiger partial charge in [-0.3, -0.25) is 0 Å². The van der Waals surface area contributed by atoms with Gasteiger partial charge in [0.05, 0.1) is 37.0 Å². The number of thiazole rings is 1. The summed E-state index contributed by atoms with van der Waals surface area (Å²) < 4.78 is 55.0. The first-order valence-corrected chi connectivity index (χ1v) is 14.4. The second kappa shape index (κ2) is 10.4. The van der Waals surface area contributed by atoms with Gasteiger partial charge in [0, 0.05) is 23.2 Å². The Morgan fingerprint density at radius 3 is 2.50 bits per heavy atom. The molecule has 11 heteroatoms. The summed E-state index contributed by atoms with van der Waals surface area (Å²) in [6.45, 7) is -0.142. The van der Waals surface area contributed by atoms with E-state index >= 15 is 4.39 Å². The Morgan fingerprint density at radius 2 is 1.87 bits per heavy atom. The zero-order valence-electron chi connectivity index (χ0n) is 20.6. The van der Waals surface area contributed by atoms with Crippen LogP contribution in [0.1, 0.15) is 24.0 Å². The van der Waals surface area contributed by atoms with Crippen LogP contribution in [0.15, 0.2) is 77.1 Å². The molecule has 0 saturated heterocycles. The van der Waals surface area contributed by atoms with Gasteiger partial charge in [0.2, 0.25) is 0 Å². The van der Waals surface area contributed by atoms with E-state index in [0.717, 1.165) is 46.2 Å². The first kappa shape index (κ1) is 26.3. The largest absolute Gasteiger partial charge is 0.497 e. The molecule has 0 aliphatic heterocycles. The molecule has 5 rings (SSSR count). The molecular weight excluding hydrogens is 549 g/mol. The highest BCUT2D eigenvalue weighted by molar-refractivity contribution is 7.93. The Morgan fingerprint density at radius 1 is 1.11 bits per heavy atom. The minimum absolute atomic E-state index is 0.105. The van der Waals surface area contributed by atoms with Crippen molar-refractivity contribution in [3.63, 3.8) is 0 Å². The molecule has 3 aromatic carbocycles. The van der Waals surface area contributed by atoms with Gasteiger partial charge in [-0.15, -0.1) is 11.3 Å². The van der Waals surface area contributed by atoms with Gasteiger partial charge < -0.3 is 14.8 Å². The molecule has 0 unspecified atom stereocenters. The zero-order valence-corrected chi connectivity index (χ0v) is 23.0. The molecule has 1 fully saturated rings. The molecule has 0 radical (unpaired) electrons. The highest BCUT2D eigenvalue weighted by Gasteiger charge is 2.44. The lowest BCUT2D eigenvalue weighted by Gasteiger charge is -2.24. The molecule has 0 amide bonds. The minimum Gasteiger partial charge on any atom is -0.497 e. The molecule has 1 saturated carbocycles. The Kier molecular flexibility index (Phi) is 7.21. The van der Waals surface area contributed by atoms with Crippen molar-refractivity contribution in [2.45, 2.75) is 29.8 Å². The van der Waals surface area contributed by atoms with Crippen LogP contribution in [0.3, 0.4) is 0 Å². The number of hydrogen-bond acceptors (Lipinski definition) is 7. The minimum atomic E-state index is -4.41. The fraction of sp³-hybridized carbons (Fsp3) is 0.222. The normalized spacial score (nSPS) is 14.1. The maximum atomic E-state index is 15.5. The van der Waals surface area contributed by atoms with E-state index in [1.54, 1.807) is 23.6 Å². The van der Waals surface area contributed by atoms with E-state index in [4.69, 9.17) is 21.1 Å². The third kappa shape index (κ3) is 5.03. The van der Waals surface area contributed by atoms with Gasteiger partial charge in [-0.05, 0) is 42.7 Å². The number of benzene rings is 3. The van der Waals surface area contributed by atoms with Crippen molar-refractivity contribution in [2.75, 3.05) is 23.8 Å². The number of hydrogen-bond donors (Lipinski definition) is 1. The van der Waals surface area contributed by atoms with Crippen LogP contribution in [-0.4, -0.2) is 27.6 Å². The van der Waals surface area contributed by atoms with Crippen LogP contribution in [0.4, 0.5) is 15.2 Å². The van der Waals surface area contributed by atoms with Crippen LogP contribution < -0.4 is 19.1 Å². The van der Waals surface area contributed by atoms with E-state index in [9.17, 15) is 8.42 Å². The second-order valence-electron chi connectivity index (χ2n) is 8.84. The summed E-state index contributed by atoms with van der Waals surface area (Å²) in [5.41, 5.74) is 1.60. The number of halogens is 2. The Hall–Kier alpha value is -3.34. The van der Waals surface area contributed by atoms with E-state index in [-0.39, 0.29) is 22.2 Å². The van der Waals surface area contributed by atoms with Gasteiger partial charge in [0.15, 0.2) is 5.13 Å². The van der Waals surface area contributed by atoms with Gasteiger partial charge in [-0.2, -0.15) is 0 Å². The van der Waals surface area contributed by atoms with Gasteiger partial charge >= 0.3 is 0 Å².